The Morgan fingerprint density at radius 3 is 2.37 bits per heavy atom. The van der Waals surface area contributed by atoms with E-state index in [0.717, 1.165) is 29.5 Å². The predicted molar refractivity (Wildman–Crippen MR) is 77.8 cm³/mol. The quantitative estimate of drug-likeness (QED) is 0.835. The molecule has 3 nitrogen and oxygen atoms in total. The lowest BCUT2D eigenvalue weighted by molar-refractivity contribution is 0.281. The first-order valence-corrected chi connectivity index (χ1v) is 8.34. The molecule has 1 fully saturated rings. The minimum absolute atomic E-state index is 0.454. The molecule has 19 heavy (non-hydrogen) atoms. The smallest absolute Gasteiger partial charge is 0.207 e. The summed E-state index contributed by atoms with van der Waals surface area (Å²) >= 11 is 0. The summed E-state index contributed by atoms with van der Waals surface area (Å²) in [5.41, 5.74) is 3.03. The molecule has 0 aliphatic carbocycles. The number of hydrogen-bond acceptors (Lipinski definition) is 2. The topological polar surface area (TPSA) is 37.4 Å². The minimum Gasteiger partial charge on any atom is -0.207 e. The maximum Gasteiger partial charge on any atom is 0.243 e. The highest BCUT2D eigenvalue weighted by Gasteiger charge is 2.29. The fraction of sp³-hybridized carbons (Fsp3) is 0.600. The predicted octanol–water partition coefficient (Wildman–Crippen LogP) is 3.03. The van der Waals surface area contributed by atoms with Crippen molar-refractivity contribution >= 4 is 10.0 Å². The van der Waals surface area contributed by atoms with Crippen molar-refractivity contribution < 1.29 is 8.42 Å². The molecule has 0 unspecified atom stereocenters. The van der Waals surface area contributed by atoms with Crippen LogP contribution in [0.15, 0.2) is 17.0 Å². The second-order valence-electron chi connectivity index (χ2n) is 5.81. The first kappa shape index (κ1) is 14.5. The normalized spacial score (nSPS) is 21.6. The highest BCUT2D eigenvalue weighted by Crippen LogP contribution is 2.27. The molecule has 0 spiro atoms. The van der Waals surface area contributed by atoms with Gasteiger partial charge in [-0.2, -0.15) is 4.31 Å². The summed E-state index contributed by atoms with van der Waals surface area (Å²) in [6, 6.07) is 3.79. The van der Waals surface area contributed by atoms with Crippen LogP contribution in [0.1, 0.15) is 36.5 Å². The van der Waals surface area contributed by atoms with Crippen molar-refractivity contribution in [3.8, 4) is 0 Å². The van der Waals surface area contributed by atoms with Crippen LogP contribution < -0.4 is 0 Å². The van der Waals surface area contributed by atoms with Crippen LogP contribution >= 0.6 is 0 Å². The summed E-state index contributed by atoms with van der Waals surface area (Å²) in [6.45, 7) is 9.28. The summed E-state index contributed by atoms with van der Waals surface area (Å²) in [6.07, 6.45) is 2.09. The molecule has 4 heteroatoms. The van der Waals surface area contributed by atoms with E-state index in [1.807, 2.05) is 32.9 Å². The molecule has 0 amide bonds. The lowest BCUT2D eigenvalue weighted by Gasteiger charge is -2.30. The third-order valence-corrected chi connectivity index (χ3v) is 6.04. The largest absolute Gasteiger partial charge is 0.243 e. The number of benzene rings is 1. The van der Waals surface area contributed by atoms with Crippen molar-refractivity contribution in [3.05, 3.63) is 28.8 Å². The maximum atomic E-state index is 12.7. The molecule has 1 heterocycles. The van der Waals surface area contributed by atoms with Crippen LogP contribution in [0.2, 0.25) is 0 Å². The van der Waals surface area contributed by atoms with E-state index in [2.05, 4.69) is 6.92 Å². The van der Waals surface area contributed by atoms with Crippen molar-refractivity contribution in [3.63, 3.8) is 0 Å². The monoisotopic (exact) mass is 281 g/mol. The number of aryl methyl sites for hydroxylation is 3. The zero-order chi connectivity index (χ0) is 14.2. The van der Waals surface area contributed by atoms with E-state index < -0.39 is 10.0 Å². The highest BCUT2D eigenvalue weighted by atomic mass is 32.2. The van der Waals surface area contributed by atoms with Crippen LogP contribution in [0.3, 0.4) is 0 Å². The second kappa shape index (κ2) is 5.25. The SMILES string of the molecule is Cc1cc(C)c(S(=O)(=O)N2CCC[C@@H](C)C2)cc1C. The van der Waals surface area contributed by atoms with Gasteiger partial charge in [-0.05, 0) is 62.3 Å². The van der Waals surface area contributed by atoms with E-state index >= 15 is 0 Å². The summed E-state index contributed by atoms with van der Waals surface area (Å²) in [5.74, 6) is 0.454. The molecule has 0 N–H and O–H groups in total. The molecule has 1 aromatic carbocycles. The van der Waals surface area contributed by atoms with Gasteiger partial charge < -0.3 is 0 Å². The molecule has 1 aromatic rings. The number of sulfonamides is 1. The lowest BCUT2D eigenvalue weighted by atomic mass is 10.0. The molecule has 2 rings (SSSR count). The van der Waals surface area contributed by atoms with Crippen molar-refractivity contribution in [2.45, 2.75) is 45.4 Å². The summed E-state index contributed by atoms with van der Waals surface area (Å²) in [5, 5.41) is 0. The average molecular weight is 281 g/mol. The van der Waals surface area contributed by atoms with Crippen molar-refractivity contribution in [1.82, 2.24) is 4.31 Å². The molecule has 1 saturated heterocycles. The number of rotatable bonds is 2. The maximum absolute atomic E-state index is 12.7. The second-order valence-corrected chi connectivity index (χ2v) is 7.72. The van der Waals surface area contributed by atoms with Crippen molar-refractivity contribution in [2.75, 3.05) is 13.1 Å². The van der Waals surface area contributed by atoms with E-state index in [0.29, 0.717) is 23.9 Å². The van der Waals surface area contributed by atoms with Gasteiger partial charge in [0.25, 0.3) is 0 Å². The van der Waals surface area contributed by atoms with Crippen LogP contribution in [0, 0.1) is 26.7 Å². The van der Waals surface area contributed by atoms with Crippen LogP contribution in [0.5, 0.6) is 0 Å². The van der Waals surface area contributed by atoms with Gasteiger partial charge in [-0.25, -0.2) is 8.42 Å². The Hall–Kier alpha value is -0.870. The molecule has 106 valence electrons. The molecule has 0 saturated carbocycles. The zero-order valence-corrected chi connectivity index (χ0v) is 13.0. The van der Waals surface area contributed by atoms with E-state index in [1.54, 1.807) is 4.31 Å². The number of hydrogen-bond donors (Lipinski definition) is 0. The van der Waals surface area contributed by atoms with Crippen LogP contribution in [-0.2, 0) is 10.0 Å². The van der Waals surface area contributed by atoms with Gasteiger partial charge in [0, 0.05) is 13.1 Å². The number of nitrogens with zero attached hydrogens (tertiary/aromatic N) is 1. The van der Waals surface area contributed by atoms with Crippen LogP contribution in [0.4, 0.5) is 0 Å². The Kier molecular flexibility index (Phi) is 4.02. The molecule has 1 aliphatic rings. The van der Waals surface area contributed by atoms with Gasteiger partial charge in [0.1, 0.15) is 0 Å². The third kappa shape index (κ3) is 2.84. The summed E-state index contributed by atoms with van der Waals surface area (Å²) < 4.78 is 27.1. The number of piperidine rings is 1. The van der Waals surface area contributed by atoms with E-state index in [4.69, 9.17) is 0 Å². The molecule has 0 bridgehead atoms. The first-order valence-electron chi connectivity index (χ1n) is 6.90. The lowest BCUT2D eigenvalue weighted by Crippen LogP contribution is -2.39. The average Bonchev–Trinajstić information content (AvgIpc) is 2.33. The van der Waals surface area contributed by atoms with Gasteiger partial charge in [-0.15, -0.1) is 0 Å². The summed E-state index contributed by atoms with van der Waals surface area (Å²) in [4.78, 5) is 0.477. The molecule has 1 aliphatic heterocycles. The van der Waals surface area contributed by atoms with Gasteiger partial charge >= 0.3 is 0 Å². The fourth-order valence-electron chi connectivity index (χ4n) is 2.72. The van der Waals surface area contributed by atoms with E-state index in [9.17, 15) is 8.42 Å². The van der Waals surface area contributed by atoms with Crippen molar-refractivity contribution in [2.24, 2.45) is 5.92 Å². The molecule has 0 radical (unpaired) electrons. The van der Waals surface area contributed by atoms with Crippen LogP contribution in [-0.4, -0.2) is 25.8 Å². The van der Waals surface area contributed by atoms with Gasteiger partial charge in [-0.3, -0.25) is 0 Å². The Bertz CT molecular complexity index is 578. The Balaban J connectivity index is 2.42. The van der Waals surface area contributed by atoms with Crippen molar-refractivity contribution in [1.29, 1.82) is 0 Å². The van der Waals surface area contributed by atoms with Gasteiger partial charge in [0.05, 0.1) is 4.90 Å². The van der Waals surface area contributed by atoms with Gasteiger partial charge in [-0.1, -0.05) is 13.0 Å². The Morgan fingerprint density at radius 2 is 1.74 bits per heavy atom. The zero-order valence-electron chi connectivity index (χ0n) is 12.2. The standard InChI is InChI=1S/C15H23NO2S/c1-11-6-5-7-16(10-11)19(17,18)15-9-13(3)12(2)8-14(15)4/h8-9,11H,5-7,10H2,1-4H3/t11-/m1/s1. The van der Waals surface area contributed by atoms with E-state index in [-0.39, 0.29) is 0 Å². The first-order chi connectivity index (χ1) is 8.82. The Labute approximate surface area is 116 Å². The molecular weight excluding hydrogens is 258 g/mol. The molecular formula is C15H23NO2S. The minimum atomic E-state index is -3.33. The molecule has 1 atom stereocenters. The van der Waals surface area contributed by atoms with E-state index in [1.165, 1.54) is 0 Å². The van der Waals surface area contributed by atoms with Gasteiger partial charge in [0.15, 0.2) is 0 Å². The van der Waals surface area contributed by atoms with Gasteiger partial charge in [0.2, 0.25) is 10.0 Å². The van der Waals surface area contributed by atoms with Crippen LogP contribution in [0.25, 0.3) is 0 Å². The third-order valence-electron chi connectivity index (χ3n) is 4.03. The fourth-order valence-corrected chi connectivity index (χ4v) is 4.61. The highest BCUT2D eigenvalue weighted by molar-refractivity contribution is 7.89. The summed E-state index contributed by atoms with van der Waals surface area (Å²) in [7, 11) is -3.33. The Morgan fingerprint density at radius 1 is 1.11 bits per heavy atom. The molecule has 0 aromatic heterocycles.